The Morgan fingerprint density at radius 3 is 2.35 bits per heavy atom. The summed E-state index contributed by atoms with van der Waals surface area (Å²) in [5.41, 5.74) is 1.34. The number of rotatable bonds is 6. The van der Waals surface area contributed by atoms with Gasteiger partial charge in [0.05, 0.1) is 0 Å². The molecule has 1 saturated carbocycles. The SMILES string of the molecule is CCCc1nc(NCC)c(C)c(NC2(C)CCCC2)n1. The number of hydrogen-bond acceptors (Lipinski definition) is 4. The highest BCUT2D eigenvalue weighted by Gasteiger charge is 2.29. The summed E-state index contributed by atoms with van der Waals surface area (Å²) < 4.78 is 0. The van der Waals surface area contributed by atoms with E-state index in [9.17, 15) is 0 Å². The average Bonchev–Trinajstić information content (AvgIpc) is 2.82. The molecule has 0 unspecified atom stereocenters. The Bertz CT molecular complexity index is 450. The van der Waals surface area contributed by atoms with Crippen LogP contribution in [0.3, 0.4) is 0 Å². The molecular formula is C16H28N4. The van der Waals surface area contributed by atoms with Gasteiger partial charge >= 0.3 is 0 Å². The van der Waals surface area contributed by atoms with Crippen molar-refractivity contribution in [1.82, 2.24) is 9.97 Å². The lowest BCUT2D eigenvalue weighted by molar-refractivity contribution is 0.529. The van der Waals surface area contributed by atoms with Gasteiger partial charge in [-0.25, -0.2) is 9.97 Å². The summed E-state index contributed by atoms with van der Waals surface area (Å²) in [5, 5.41) is 7.05. The molecule has 20 heavy (non-hydrogen) atoms. The third-order valence-corrected chi connectivity index (χ3v) is 4.14. The number of anilines is 2. The van der Waals surface area contributed by atoms with Gasteiger partial charge in [-0.1, -0.05) is 19.8 Å². The Hall–Kier alpha value is -1.32. The molecule has 2 rings (SSSR count). The summed E-state index contributed by atoms with van der Waals surface area (Å²) in [5.74, 6) is 2.94. The molecule has 1 aromatic heterocycles. The second-order valence-electron chi connectivity index (χ2n) is 6.14. The van der Waals surface area contributed by atoms with Crippen molar-refractivity contribution in [2.24, 2.45) is 0 Å². The van der Waals surface area contributed by atoms with E-state index in [0.717, 1.165) is 42.4 Å². The van der Waals surface area contributed by atoms with Crippen molar-refractivity contribution in [1.29, 1.82) is 0 Å². The molecule has 1 heterocycles. The van der Waals surface area contributed by atoms with E-state index >= 15 is 0 Å². The summed E-state index contributed by atoms with van der Waals surface area (Å²) in [6.45, 7) is 9.58. The summed E-state index contributed by atoms with van der Waals surface area (Å²) >= 11 is 0. The Labute approximate surface area is 122 Å². The Morgan fingerprint density at radius 1 is 1.10 bits per heavy atom. The second kappa shape index (κ2) is 6.42. The molecule has 0 atom stereocenters. The van der Waals surface area contributed by atoms with Gasteiger partial charge in [0.1, 0.15) is 17.5 Å². The van der Waals surface area contributed by atoms with Crippen molar-refractivity contribution in [2.45, 2.75) is 71.8 Å². The third kappa shape index (κ3) is 3.41. The van der Waals surface area contributed by atoms with Crippen molar-refractivity contribution in [3.05, 3.63) is 11.4 Å². The minimum absolute atomic E-state index is 0.200. The molecule has 2 N–H and O–H groups in total. The van der Waals surface area contributed by atoms with Crippen molar-refractivity contribution < 1.29 is 0 Å². The smallest absolute Gasteiger partial charge is 0.135 e. The van der Waals surface area contributed by atoms with Crippen LogP contribution < -0.4 is 10.6 Å². The van der Waals surface area contributed by atoms with Crippen molar-refractivity contribution in [2.75, 3.05) is 17.2 Å². The van der Waals surface area contributed by atoms with Crippen molar-refractivity contribution in [3.63, 3.8) is 0 Å². The molecule has 0 radical (unpaired) electrons. The zero-order valence-electron chi connectivity index (χ0n) is 13.3. The van der Waals surface area contributed by atoms with E-state index in [1.54, 1.807) is 0 Å². The van der Waals surface area contributed by atoms with Crippen LogP contribution in [0, 0.1) is 6.92 Å². The van der Waals surface area contributed by atoms with E-state index in [4.69, 9.17) is 4.98 Å². The first-order valence-electron chi connectivity index (χ1n) is 7.97. The molecular weight excluding hydrogens is 248 g/mol. The van der Waals surface area contributed by atoms with Gasteiger partial charge < -0.3 is 10.6 Å². The van der Waals surface area contributed by atoms with Crippen LogP contribution in [0.4, 0.5) is 11.6 Å². The van der Waals surface area contributed by atoms with E-state index in [1.165, 1.54) is 25.7 Å². The van der Waals surface area contributed by atoms with Crippen LogP contribution >= 0.6 is 0 Å². The first-order chi connectivity index (χ1) is 9.58. The quantitative estimate of drug-likeness (QED) is 0.827. The van der Waals surface area contributed by atoms with E-state index in [1.807, 2.05) is 0 Å². The topological polar surface area (TPSA) is 49.8 Å². The van der Waals surface area contributed by atoms with Gasteiger partial charge in [-0.3, -0.25) is 0 Å². The number of hydrogen-bond donors (Lipinski definition) is 2. The standard InChI is InChI=1S/C16H28N4/c1-5-9-13-18-14(17-6-2)12(3)15(19-13)20-16(4)10-7-8-11-16/h5-11H2,1-4H3,(H2,17,18,19,20). The normalized spacial score (nSPS) is 17.2. The maximum Gasteiger partial charge on any atom is 0.135 e. The average molecular weight is 276 g/mol. The monoisotopic (exact) mass is 276 g/mol. The lowest BCUT2D eigenvalue weighted by Crippen LogP contribution is -2.32. The Balaban J connectivity index is 2.29. The van der Waals surface area contributed by atoms with Gasteiger partial charge in [-0.05, 0) is 40.0 Å². The third-order valence-electron chi connectivity index (χ3n) is 4.14. The molecule has 0 bridgehead atoms. The molecule has 4 nitrogen and oxygen atoms in total. The maximum atomic E-state index is 4.75. The van der Waals surface area contributed by atoms with Gasteiger partial charge in [0, 0.05) is 24.1 Å². The predicted octanol–water partition coefficient (Wildman–Crippen LogP) is 3.91. The first kappa shape index (κ1) is 15.1. The first-order valence-corrected chi connectivity index (χ1v) is 7.97. The summed E-state index contributed by atoms with van der Waals surface area (Å²) in [6, 6.07) is 0. The molecule has 112 valence electrons. The zero-order chi connectivity index (χ0) is 14.6. The molecule has 0 amide bonds. The molecule has 0 saturated heterocycles. The number of aryl methyl sites for hydroxylation is 1. The zero-order valence-corrected chi connectivity index (χ0v) is 13.3. The summed E-state index contributed by atoms with van der Waals surface area (Å²) in [4.78, 5) is 9.40. The number of nitrogens with zero attached hydrogens (tertiary/aromatic N) is 2. The van der Waals surface area contributed by atoms with E-state index < -0.39 is 0 Å². The van der Waals surface area contributed by atoms with Crippen LogP contribution in [-0.2, 0) is 6.42 Å². The fourth-order valence-electron chi connectivity index (χ4n) is 2.93. The van der Waals surface area contributed by atoms with Crippen LogP contribution in [0.1, 0.15) is 64.3 Å². The largest absolute Gasteiger partial charge is 0.370 e. The van der Waals surface area contributed by atoms with Crippen LogP contribution in [0.2, 0.25) is 0 Å². The Morgan fingerprint density at radius 2 is 1.75 bits per heavy atom. The van der Waals surface area contributed by atoms with Crippen molar-refractivity contribution in [3.8, 4) is 0 Å². The molecule has 0 aromatic carbocycles. The van der Waals surface area contributed by atoms with Crippen LogP contribution in [0.5, 0.6) is 0 Å². The predicted molar refractivity (Wildman–Crippen MR) is 85.4 cm³/mol. The van der Waals surface area contributed by atoms with Crippen LogP contribution in [0.25, 0.3) is 0 Å². The maximum absolute atomic E-state index is 4.75. The number of aromatic nitrogens is 2. The highest BCUT2D eigenvalue weighted by molar-refractivity contribution is 5.58. The van der Waals surface area contributed by atoms with Gasteiger partial charge in [-0.2, -0.15) is 0 Å². The summed E-state index contributed by atoms with van der Waals surface area (Å²) in [7, 11) is 0. The highest BCUT2D eigenvalue weighted by atomic mass is 15.1. The summed E-state index contributed by atoms with van der Waals surface area (Å²) in [6.07, 6.45) is 7.10. The van der Waals surface area contributed by atoms with Gasteiger partial charge in [0.2, 0.25) is 0 Å². The Kier molecular flexibility index (Phi) is 4.84. The molecule has 1 aliphatic rings. The van der Waals surface area contributed by atoms with Gasteiger partial charge in [0.15, 0.2) is 0 Å². The van der Waals surface area contributed by atoms with E-state index in [2.05, 4.69) is 43.3 Å². The lowest BCUT2D eigenvalue weighted by Gasteiger charge is -2.27. The van der Waals surface area contributed by atoms with E-state index in [-0.39, 0.29) is 5.54 Å². The van der Waals surface area contributed by atoms with Crippen LogP contribution in [-0.4, -0.2) is 22.1 Å². The fraction of sp³-hybridized carbons (Fsp3) is 0.750. The minimum Gasteiger partial charge on any atom is -0.370 e. The number of nitrogens with one attached hydrogen (secondary N) is 2. The van der Waals surface area contributed by atoms with Crippen LogP contribution in [0.15, 0.2) is 0 Å². The highest BCUT2D eigenvalue weighted by Crippen LogP contribution is 2.33. The molecule has 0 aliphatic heterocycles. The molecule has 0 spiro atoms. The minimum atomic E-state index is 0.200. The molecule has 1 fully saturated rings. The second-order valence-corrected chi connectivity index (χ2v) is 6.14. The molecule has 1 aliphatic carbocycles. The fourth-order valence-corrected chi connectivity index (χ4v) is 2.93. The van der Waals surface area contributed by atoms with Gasteiger partial charge in [-0.15, -0.1) is 0 Å². The van der Waals surface area contributed by atoms with Crippen molar-refractivity contribution >= 4 is 11.6 Å². The molecule has 4 heteroatoms. The van der Waals surface area contributed by atoms with Gasteiger partial charge in [0.25, 0.3) is 0 Å². The molecule has 1 aromatic rings. The lowest BCUT2D eigenvalue weighted by atomic mass is 10.0. The van der Waals surface area contributed by atoms with E-state index in [0.29, 0.717) is 0 Å².